The van der Waals surface area contributed by atoms with Gasteiger partial charge < -0.3 is 14.2 Å². The fourth-order valence-electron chi connectivity index (χ4n) is 4.46. The fraction of sp³-hybridized carbons (Fsp3) is 0.407. The van der Waals surface area contributed by atoms with Crippen molar-refractivity contribution in [1.29, 1.82) is 0 Å². The van der Waals surface area contributed by atoms with Crippen LogP contribution in [0.5, 0.6) is 11.5 Å². The molecule has 1 saturated carbocycles. The van der Waals surface area contributed by atoms with Gasteiger partial charge in [-0.2, -0.15) is 9.78 Å². The molecule has 3 aromatic rings. The van der Waals surface area contributed by atoms with Crippen LogP contribution in [-0.2, 0) is 9.53 Å². The smallest absolute Gasteiger partial charge is 0.346 e. The summed E-state index contributed by atoms with van der Waals surface area (Å²) in [5.74, 6) is 1.33. The van der Waals surface area contributed by atoms with E-state index >= 15 is 0 Å². The lowest BCUT2D eigenvalue weighted by atomic mass is 9.88. The van der Waals surface area contributed by atoms with Gasteiger partial charge in [-0.1, -0.05) is 35.2 Å². The number of aromatic nitrogens is 2. The van der Waals surface area contributed by atoms with Crippen LogP contribution in [0.25, 0.3) is 10.9 Å². The van der Waals surface area contributed by atoms with Crippen LogP contribution in [0.15, 0.2) is 44.7 Å². The zero-order chi connectivity index (χ0) is 26.5. The summed E-state index contributed by atoms with van der Waals surface area (Å²) in [5.41, 5.74) is 1.20. The fourth-order valence-corrected chi connectivity index (χ4v) is 5.57. The van der Waals surface area contributed by atoms with Crippen molar-refractivity contribution in [2.45, 2.75) is 58.0 Å². The maximum absolute atomic E-state index is 13.6. The number of methoxy groups -OCH3 is 1. The van der Waals surface area contributed by atoms with Crippen LogP contribution in [0, 0.1) is 3.57 Å². The molecule has 4 rings (SSSR count). The van der Waals surface area contributed by atoms with E-state index in [4.69, 9.17) is 19.2 Å². The molecular formula is C27H29BrIN3O5. The van der Waals surface area contributed by atoms with Crippen LogP contribution >= 0.6 is 38.5 Å². The Hall–Kier alpha value is -2.47. The van der Waals surface area contributed by atoms with E-state index in [0.29, 0.717) is 34.8 Å². The zero-order valence-corrected chi connectivity index (χ0v) is 24.7. The molecule has 0 aliphatic heterocycles. The predicted molar refractivity (Wildman–Crippen MR) is 155 cm³/mol. The zero-order valence-electron chi connectivity index (χ0n) is 21.0. The molecular weight excluding hydrogens is 653 g/mol. The lowest BCUT2D eigenvalue weighted by Crippen LogP contribution is -2.25. The number of benzene rings is 2. The average Bonchev–Trinajstić information content (AvgIpc) is 2.90. The van der Waals surface area contributed by atoms with Crippen LogP contribution < -0.4 is 15.0 Å². The van der Waals surface area contributed by atoms with Crippen molar-refractivity contribution < 1.29 is 19.0 Å². The quantitative estimate of drug-likeness (QED) is 0.164. The van der Waals surface area contributed by atoms with Crippen molar-refractivity contribution in [2.75, 3.05) is 13.7 Å². The molecule has 37 heavy (non-hydrogen) atoms. The minimum atomic E-state index is -0.795. The van der Waals surface area contributed by atoms with Crippen LogP contribution in [-0.4, -0.2) is 41.7 Å². The first-order valence-corrected chi connectivity index (χ1v) is 14.2. The molecule has 0 N–H and O–H groups in total. The number of carbonyl (C=O) groups excluding carboxylic acids is 1. The lowest BCUT2D eigenvalue weighted by Gasteiger charge is -2.22. The Morgan fingerprint density at radius 3 is 2.73 bits per heavy atom. The van der Waals surface area contributed by atoms with Gasteiger partial charge in [0, 0.05) is 10.4 Å². The highest BCUT2D eigenvalue weighted by molar-refractivity contribution is 14.1. The van der Waals surface area contributed by atoms with Gasteiger partial charge in [-0.05, 0) is 85.2 Å². The molecule has 0 bridgehead atoms. The Labute approximate surface area is 237 Å². The lowest BCUT2D eigenvalue weighted by molar-refractivity contribution is -0.148. The van der Waals surface area contributed by atoms with Crippen molar-refractivity contribution in [3.05, 3.63) is 60.1 Å². The standard InChI is InChI=1S/C27H29BrIN3O5/c1-4-36-23-13-17(12-21(29)24(23)37-16(2)27(34)35-3)15-30-32-25(18-8-6-5-7-9-18)31-22-11-10-19(28)14-20(22)26(32)33/h10-16,18H,4-9H2,1-3H3/t16-/m0/s1. The maximum atomic E-state index is 13.6. The Morgan fingerprint density at radius 1 is 1.27 bits per heavy atom. The molecule has 0 amide bonds. The number of hydrogen-bond donors (Lipinski definition) is 0. The van der Waals surface area contributed by atoms with Crippen LogP contribution in [0.2, 0.25) is 0 Å². The van der Waals surface area contributed by atoms with Crippen molar-refractivity contribution in [2.24, 2.45) is 5.10 Å². The van der Waals surface area contributed by atoms with E-state index in [1.54, 1.807) is 25.3 Å². The Kier molecular flexibility index (Phi) is 9.22. The number of carbonyl (C=O) groups is 1. The summed E-state index contributed by atoms with van der Waals surface area (Å²) >= 11 is 5.59. The third-order valence-corrected chi connectivity index (χ3v) is 7.58. The SMILES string of the molecule is CCOc1cc(C=Nn2c(C3CCCCC3)nc3ccc(Br)cc3c2=O)cc(I)c1O[C@@H](C)C(=O)OC. The van der Waals surface area contributed by atoms with Crippen molar-refractivity contribution in [1.82, 2.24) is 9.66 Å². The summed E-state index contributed by atoms with van der Waals surface area (Å²) in [6.45, 7) is 3.90. The number of nitrogens with zero attached hydrogens (tertiary/aromatic N) is 3. The van der Waals surface area contributed by atoms with Gasteiger partial charge in [0.05, 0.1) is 34.4 Å². The third kappa shape index (κ3) is 6.34. The van der Waals surface area contributed by atoms with Gasteiger partial charge in [-0.3, -0.25) is 4.79 Å². The summed E-state index contributed by atoms with van der Waals surface area (Å²) in [5, 5.41) is 5.14. The van der Waals surface area contributed by atoms with Gasteiger partial charge >= 0.3 is 5.97 Å². The van der Waals surface area contributed by atoms with Gasteiger partial charge in [-0.15, -0.1) is 0 Å². The minimum absolute atomic E-state index is 0.182. The second-order valence-corrected chi connectivity index (χ2v) is 11.0. The molecule has 1 aliphatic carbocycles. The molecule has 1 heterocycles. The van der Waals surface area contributed by atoms with E-state index < -0.39 is 12.1 Å². The number of halogens is 2. The predicted octanol–water partition coefficient (Wildman–Crippen LogP) is 6.03. The maximum Gasteiger partial charge on any atom is 0.346 e. The van der Waals surface area contributed by atoms with E-state index in [1.807, 2.05) is 25.1 Å². The summed E-state index contributed by atoms with van der Waals surface area (Å²) in [4.78, 5) is 30.3. The van der Waals surface area contributed by atoms with Crippen LogP contribution in [0.4, 0.5) is 0 Å². The van der Waals surface area contributed by atoms with Crippen molar-refractivity contribution in [3.63, 3.8) is 0 Å². The Morgan fingerprint density at radius 2 is 2.03 bits per heavy atom. The summed E-state index contributed by atoms with van der Waals surface area (Å²) in [6.07, 6.45) is 6.25. The summed E-state index contributed by atoms with van der Waals surface area (Å²) in [7, 11) is 1.32. The van der Waals surface area contributed by atoms with Crippen LogP contribution in [0.1, 0.15) is 63.3 Å². The van der Waals surface area contributed by atoms with Crippen molar-refractivity contribution in [3.8, 4) is 11.5 Å². The number of ether oxygens (including phenoxy) is 3. The van der Waals surface area contributed by atoms with Gasteiger partial charge in [0.1, 0.15) is 5.82 Å². The van der Waals surface area contributed by atoms with Gasteiger partial charge in [0.15, 0.2) is 17.6 Å². The second-order valence-electron chi connectivity index (χ2n) is 8.87. The molecule has 10 heteroatoms. The summed E-state index contributed by atoms with van der Waals surface area (Å²) in [6, 6.07) is 9.19. The highest BCUT2D eigenvalue weighted by Gasteiger charge is 2.23. The third-order valence-electron chi connectivity index (χ3n) is 6.29. The first-order chi connectivity index (χ1) is 17.8. The van der Waals surface area contributed by atoms with E-state index in [9.17, 15) is 9.59 Å². The van der Waals surface area contributed by atoms with Gasteiger partial charge in [0.2, 0.25) is 0 Å². The number of hydrogen-bond acceptors (Lipinski definition) is 7. The van der Waals surface area contributed by atoms with Crippen LogP contribution in [0.3, 0.4) is 0 Å². The first-order valence-electron chi connectivity index (χ1n) is 12.3. The number of rotatable bonds is 8. The number of esters is 1. The second kappa shape index (κ2) is 12.4. The highest BCUT2D eigenvalue weighted by Crippen LogP contribution is 2.35. The molecule has 0 radical (unpaired) electrons. The van der Waals surface area contributed by atoms with E-state index in [1.165, 1.54) is 18.2 Å². The minimum Gasteiger partial charge on any atom is -0.490 e. The molecule has 0 spiro atoms. The van der Waals surface area contributed by atoms with Gasteiger partial charge in [0.25, 0.3) is 5.56 Å². The molecule has 0 unspecified atom stereocenters. The molecule has 1 aromatic heterocycles. The molecule has 0 saturated heterocycles. The largest absolute Gasteiger partial charge is 0.490 e. The average molecular weight is 682 g/mol. The molecule has 1 aliphatic rings. The molecule has 1 fully saturated rings. The summed E-state index contributed by atoms with van der Waals surface area (Å²) < 4.78 is 19.4. The highest BCUT2D eigenvalue weighted by atomic mass is 127. The van der Waals surface area contributed by atoms with Gasteiger partial charge in [-0.25, -0.2) is 9.78 Å². The molecule has 8 nitrogen and oxygen atoms in total. The molecule has 196 valence electrons. The Balaban J connectivity index is 1.77. The number of fused-ring (bicyclic) bond motifs is 1. The van der Waals surface area contributed by atoms with Crippen molar-refractivity contribution >= 4 is 61.6 Å². The topological polar surface area (TPSA) is 92.0 Å². The molecule has 2 aromatic carbocycles. The normalized spacial score (nSPS) is 15.2. The van der Waals surface area contributed by atoms with E-state index in [2.05, 4.69) is 43.6 Å². The Bertz CT molecular complexity index is 1380. The monoisotopic (exact) mass is 681 g/mol. The van der Waals surface area contributed by atoms with E-state index in [0.717, 1.165) is 39.3 Å². The van der Waals surface area contributed by atoms with E-state index in [-0.39, 0.29) is 11.5 Å². The first kappa shape index (κ1) is 27.6. The molecule has 1 atom stereocenters.